The molecule has 1 rings (SSSR count). The molecule has 0 radical (unpaired) electrons. The molecule has 0 aromatic rings. The molecule has 0 bridgehead atoms. The van der Waals surface area contributed by atoms with E-state index in [4.69, 9.17) is 0 Å². The van der Waals surface area contributed by atoms with Crippen LogP contribution in [0.3, 0.4) is 0 Å². The highest BCUT2D eigenvalue weighted by atomic mass is 14.4. The minimum Gasteiger partial charge on any atom is -0.0710 e. The molecule has 0 saturated heterocycles. The normalized spacial score (nSPS) is 27.2. The predicted octanol–water partition coefficient (Wildman–Crippen LogP) is 4.95. The van der Waals surface area contributed by atoms with Gasteiger partial charge in [-0.15, -0.1) is 0 Å². The zero-order chi connectivity index (χ0) is 10.5. The van der Waals surface area contributed by atoms with Crippen LogP contribution in [0.4, 0.5) is 0 Å². The van der Waals surface area contributed by atoms with Gasteiger partial charge in [0.1, 0.15) is 0 Å². The Hall–Kier alpha value is -0.260. The van der Waals surface area contributed by atoms with Crippen LogP contribution in [-0.4, -0.2) is 0 Å². The fourth-order valence-electron chi connectivity index (χ4n) is 2.11. The van der Waals surface area contributed by atoms with E-state index < -0.39 is 0 Å². The van der Waals surface area contributed by atoms with Gasteiger partial charge in [0.05, 0.1) is 0 Å². The van der Waals surface area contributed by atoms with Crippen molar-refractivity contribution in [2.75, 3.05) is 0 Å². The number of hydrogen-bond acceptors (Lipinski definition) is 0. The largest absolute Gasteiger partial charge is 0.0710 e. The lowest BCUT2D eigenvalue weighted by Gasteiger charge is -2.24. The predicted molar refractivity (Wildman–Crippen MR) is 62.0 cm³/mol. The molecule has 13 heavy (non-hydrogen) atoms. The summed E-state index contributed by atoms with van der Waals surface area (Å²) in [5, 5.41) is 0. The molecule has 0 spiro atoms. The summed E-state index contributed by atoms with van der Waals surface area (Å²) in [6, 6.07) is 0. The molecule has 0 aromatic carbocycles. The molecule has 0 aliphatic heterocycles. The van der Waals surface area contributed by atoms with Crippen LogP contribution >= 0.6 is 0 Å². The smallest absolute Gasteiger partial charge is 0.0116 e. The van der Waals surface area contributed by atoms with E-state index in [1.807, 2.05) is 13.8 Å². The van der Waals surface area contributed by atoms with E-state index in [-0.39, 0.29) is 0 Å². The van der Waals surface area contributed by atoms with E-state index in [0.717, 1.165) is 0 Å². The van der Waals surface area contributed by atoms with Gasteiger partial charge in [-0.2, -0.15) is 0 Å². The van der Waals surface area contributed by atoms with Crippen LogP contribution in [0.1, 0.15) is 67.2 Å². The first-order valence-electron chi connectivity index (χ1n) is 5.83. The molecule has 0 amide bonds. The van der Waals surface area contributed by atoms with Gasteiger partial charge in [-0.25, -0.2) is 0 Å². The van der Waals surface area contributed by atoms with Gasteiger partial charge < -0.3 is 0 Å². The molecule has 78 valence electrons. The SMILES string of the molecule is CC.CCC1=C(C)C(C)(CC)CC1. The zero-order valence-corrected chi connectivity index (χ0v) is 10.3. The topological polar surface area (TPSA) is 0 Å². The van der Waals surface area contributed by atoms with E-state index in [0.29, 0.717) is 5.41 Å². The third kappa shape index (κ3) is 2.59. The van der Waals surface area contributed by atoms with Crippen LogP contribution in [-0.2, 0) is 0 Å². The van der Waals surface area contributed by atoms with Crippen molar-refractivity contribution in [1.82, 2.24) is 0 Å². The summed E-state index contributed by atoms with van der Waals surface area (Å²) in [5.41, 5.74) is 3.95. The highest BCUT2D eigenvalue weighted by Crippen LogP contribution is 2.45. The Morgan fingerprint density at radius 3 is 2.00 bits per heavy atom. The van der Waals surface area contributed by atoms with Gasteiger partial charge in [0.2, 0.25) is 0 Å². The Kier molecular flexibility index (Phi) is 5.36. The highest BCUT2D eigenvalue weighted by molar-refractivity contribution is 5.25. The van der Waals surface area contributed by atoms with Crippen LogP contribution in [0.15, 0.2) is 11.1 Å². The zero-order valence-electron chi connectivity index (χ0n) is 10.3. The van der Waals surface area contributed by atoms with Gasteiger partial charge in [-0.05, 0) is 38.0 Å². The van der Waals surface area contributed by atoms with Gasteiger partial charge in [0.25, 0.3) is 0 Å². The van der Waals surface area contributed by atoms with Crippen molar-refractivity contribution >= 4 is 0 Å². The highest BCUT2D eigenvalue weighted by Gasteiger charge is 2.30. The Morgan fingerprint density at radius 2 is 1.77 bits per heavy atom. The van der Waals surface area contributed by atoms with E-state index in [9.17, 15) is 0 Å². The van der Waals surface area contributed by atoms with Gasteiger partial charge in [-0.3, -0.25) is 0 Å². The first-order chi connectivity index (χ1) is 6.14. The summed E-state index contributed by atoms with van der Waals surface area (Å²) in [4.78, 5) is 0. The summed E-state index contributed by atoms with van der Waals surface area (Å²) < 4.78 is 0. The van der Waals surface area contributed by atoms with E-state index in [1.165, 1.54) is 25.7 Å². The Morgan fingerprint density at radius 1 is 1.23 bits per heavy atom. The van der Waals surface area contributed by atoms with Crippen molar-refractivity contribution in [1.29, 1.82) is 0 Å². The van der Waals surface area contributed by atoms with Gasteiger partial charge in [-0.1, -0.05) is 45.8 Å². The van der Waals surface area contributed by atoms with Gasteiger partial charge in [0.15, 0.2) is 0 Å². The molecule has 0 heteroatoms. The summed E-state index contributed by atoms with van der Waals surface area (Å²) in [7, 11) is 0. The summed E-state index contributed by atoms with van der Waals surface area (Å²) >= 11 is 0. The van der Waals surface area contributed by atoms with Crippen molar-refractivity contribution in [3.05, 3.63) is 11.1 Å². The van der Waals surface area contributed by atoms with Crippen molar-refractivity contribution in [3.8, 4) is 0 Å². The molecule has 0 aromatic heterocycles. The molecule has 1 unspecified atom stereocenters. The van der Waals surface area contributed by atoms with E-state index in [1.54, 1.807) is 11.1 Å². The lowest BCUT2D eigenvalue weighted by Crippen LogP contribution is -2.11. The second kappa shape index (κ2) is 5.47. The maximum absolute atomic E-state index is 2.41. The summed E-state index contributed by atoms with van der Waals surface area (Å²) in [6.07, 6.45) is 5.31. The second-order valence-corrected chi connectivity index (χ2v) is 4.00. The molecule has 0 N–H and O–H groups in total. The number of hydrogen-bond donors (Lipinski definition) is 0. The van der Waals surface area contributed by atoms with E-state index in [2.05, 4.69) is 27.7 Å². The second-order valence-electron chi connectivity index (χ2n) is 4.00. The molecular formula is C13H26. The van der Waals surface area contributed by atoms with Crippen LogP contribution in [0.5, 0.6) is 0 Å². The molecule has 0 nitrogen and oxygen atoms in total. The minimum atomic E-state index is 0.547. The van der Waals surface area contributed by atoms with Crippen molar-refractivity contribution in [2.24, 2.45) is 5.41 Å². The lowest BCUT2D eigenvalue weighted by molar-refractivity contribution is 0.379. The summed E-state index contributed by atoms with van der Waals surface area (Å²) in [5.74, 6) is 0. The molecule has 0 saturated carbocycles. The maximum Gasteiger partial charge on any atom is -0.0116 e. The molecule has 1 aliphatic carbocycles. The fraction of sp³-hybridized carbons (Fsp3) is 0.846. The lowest BCUT2D eigenvalue weighted by atomic mass is 9.81. The van der Waals surface area contributed by atoms with Crippen LogP contribution in [0.2, 0.25) is 0 Å². The first-order valence-corrected chi connectivity index (χ1v) is 5.83. The third-order valence-corrected chi connectivity index (χ3v) is 3.62. The Labute approximate surface area is 84.4 Å². The van der Waals surface area contributed by atoms with Crippen molar-refractivity contribution in [2.45, 2.75) is 67.2 Å². The fourth-order valence-corrected chi connectivity index (χ4v) is 2.11. The molecule has 0 fully saturated rings. The van der Waals surface area contributed by atoms with Crippen molar-refractivity contribution < 1.29 is 0 Å². The Balaban J connectivity index is 0.000000671. The standard InChI is InChI=1S/C11H20.C2H6/c1-5-10-7-8-11(4,6-2)9(10)3;1-2/h5-8H2,1-4H3;1-2H3. The number of rotatable bonds is 2. The first kappa shape index (κ1) is 12.7. The molecule has 1 aliphatic rings. The average molecular weight is 182 g/mol. The Bertz CT molecular complexity index is 176. The summed E-state index contributed by atoms with van der Waals surface area (Å²) in [6.45, 7) is 13.3. The molecule has 0 heterocycles. The monoisotopic (exact) mass is 182 g/mol. The third-order valence-electron chi connectivity index (χ3n) is 3.62. The average Bonchev–Trinajstić information content (AvgIpc) is 2.48. The van der Waals surface area contributed by atoms with Gasteiger partial charge in [0, 0.05) is 0 Å². The van der Waals surface area contributed by atoms with Crippen LogP contribution < -0.4 is 0 Å². The van der Waals surface area contributed by atoms with Gasteiger partial charge >= 0.3 is 0 Å². The minimum absolute atomic E-state index is 0.547. The maximum atomic E-state index is 2.41. The quantitative estimate of drug-likeness (QED) is 0.530. The molecular weight excluding hydrogens is 156 g/mol. The molecule has 1 atom stereocenters. The van der Waals surface area contributed by atoms with E-state index >= 15 is 0 Å². The van der Waals surface area contributed by atoms with Crippen LogP contribution in [0.25, 0.3) is 0 Å². The van der Waals surface area contributed by atoms with Crippen LogP contribution in [0, 0.1) is 5.41 Å². The van der Waals surface area contributed by atoms with Crippen molar-refractivity contribution in [3.63, 3.8) is 0 Å². The number of allylic oxidation sites excluding steroid dienone is 2.